The van der Waals surface area contributed by atoms with Crippen molar-refractivity contribution in [2.24, 2.45) is 23.7 Å². The Balaban J connectivity index is 1.79. The van der Waals surface area contributed by atoms with Gasteiger partial charge in [-0.3, -0.25) is 4.79 Å². The Kier molecular flexibility index (Phi) is 4.04. The normalized spacial score (nSPS) is 27.3. The monoisotopic (exact) mass is 382 g/mol. The van der Waals surface area contributed by atoms with E-state index in [1.54, 1.807) is 0 Å². The average Bonchev–Trinajstić information content (AvgIpc) is 3.35. The zero-order chi connectivity index (χ0) is 20.6. The Morgan fingerprint density at radius 2 is 1.10 bits per heavy atom. The summed E-state index contributed by atoms with van der Waals surface area (Å²) in [5.41, 5.74) is 12.5. The highest BCUT2D eigenvalue weighted by Gasteiger charge is 2.55. The molecule has 0 unspecified atom stereocenters. The first-order chi connectivity index (χ1) is 13.8. The van der Waals surface area contributed by atoms with Crippen LogP contribution in [-0.4, -0.2) is 5.78 Å². The molecule has 1 heteroatoms. The number of rotatable bonds is 2. The van der Waals surface area contributed by atoms with Gasteiger partial charge in [-0.2, -0.15) is 0 Å². The van der Waals surface area contributed by atoms with Crippen LogP contribution in [0.25, 0.3) is 11.1 Å². The fourth-order valence-corrected chi connectivity index (χ4v) is 6.05. The van der Waals surface area contributed by atoms with Gasteiger partial charge >= 0.3 is 0 Å². The van der Waals surface area contributed by atoms with Crippen molar-refractivity contribution in [2.45, 2.75) is 48.0 Å². The molecule has 3 aliphatic rings. The summed E-state index contributed by atoms with van der Waals surface area (Å²) in [6.45, 7) is 13.1. The molecule has 2 aromatic carbocycles. The first-order valence-corrected chi connectivity index (χ1v) is 10.9. The molecule has 0 saturated heterocycles. The Morgan fingerprint density at radius 1 is 0.655 bits per heavy atom. The summed E-state index contributed by atoms with van der Waals surface area (Å²) in [4.78, 5) is 13.8. The van der Waals surface area contributed by atoms with Gasteiger partial charge in [0.1, 0.15) is 0 Å². The SMILES string of the molecule is Cc1cc(C2=C(c3cc(C)c(C)c(C)c3)[C@H]3[C@@H](C2=O)[C@@H]2C=C[C@H]3C2)cc(C)c1C. The molecule has 0 amide bonds. The maximum absolute atomic E-state index is 13.8. The molecule has 0 N–H and O–H groups in total. The Morgan fingerprint density at radius 3 is 1.62 bits per heavy atom. The second kappa shape index (κ2) is 6.29. The molecule has 1 nitrogen and oxygen atoms in total. The summed E-state index contributed by atoms with van der Waals surface area (Å²) in [5, 5.41) is 0. The third kappa shape index (κ3) is 2.56. The Bertz CT molecular complexity index is 1080. The van der Waals surface area contributed by atoms with Crippen molar-refractivity contribution < 1.29 is 4.79 Å². The number of carbonyl (C=O) groups excluding carboxylic acids is 1. The summed E-state index contributed by atoms with van der Waals surface area (Å²) in [7, 11) is 0. The minimum atomic E-state index is 0.138. The maximum atomic E-state index is 13.8. The van der Waals surface area contributed by atoms with Crippen molar-refractivity contribution in [2.75, 3.05) is 0 Å². The molecule has 2 bridgehead atoms. The van der Waals surface area contributed by atoms with Crippen molar-refractivity contribution in [3.63, 3.8) is 0 Å². The molecule has 29 heavy (non-hydrogen) atoms. The zero-order valence-corrected chi connectivity index (χ0v) is 18.4. The van der Waals surface area contributed by atoms with Crippen LogP contribution in [0.15, 0.2) is 36.4 Å². The number of allylic oxidation sites excluding steroid dienone is 4. The second-order valence-corrected chi connectivity index (χ2v) is 9.62. The average molecular weight is 383 g/mol. The predicted octanol–water partition coefficient (Wildman–Crippen LogP) is 6.47. The number of aryl methyl sites for hydroxylation is 4. The summed E-state index contributed by atoms with van der Waals surface area (Å²) >= 11 is 0. The summed E-state index contributed by atoms with van der Waals surface area (Å²) in [6, 6.07) is 9.10. The van der Waals surface area contributed by atoms with Crippen molar-refractivity contribution in [3.8, 4) is 0 Å². The van der Waals surface area contributed by atoms with Gasteiger partial charge in [-0.05, 0) is 110 Å². The maximum Gasteiger partial charge on any atom is 0.168 e. The largest absolute Gasteiger partial charge is 0.294 e. The Labute approximate surface area is 174 Å². The van der Waals surface area contributed by atoms with E-state index in [-0.39, 0.29) is 5.92 Å². The molecule has 4 atom stereocenters. The van der Waals surface area contributed by atoms with Crippen molar-refractivity contribution in [1.29, 1.82) is 0 Å². The van der Waals surface area contributed by atoms with Crippen LogP contribution in [0.5, 0.6) is 0 Å². The van der Waals surface area contributed by atoms with Gasteiger partial charge in [-0.15, -0.1) is 0 Å². The number of Topliss-reactive ketones (excluding diaryl/α,β-unsaturated/α-hetero) is 1. The minimum absolute atomic E-state index is 0.138. The molecule has 0 spiro atoms. The third-order valence-electron chi connectivity index (χ3n) is 8.06. The number of carbonyl (C=O) groups is 1. The van der Waals surface area contributed by atoms with Gasteiger partial charge in [0.25, 0.3) is 0 Å². The highest BCUT2D eigenvalue weighted by atomic mass is 16.1. The highest BCUT2D eigenvalue weighted by Crippen LogP contribution is 2.60. The van der Waals surface area contributed by atoms with Gasteiger partial charge < -0.3 is 0 Å². The molecule has 1 saturated carbocycles. The smallest absolute Gasteiger partial charge is 0.168 e. The van der Waals surface area contributed by atoms with E-state index < -0.39 is 0 Å². The lowest BCUT2D eigenvalue weighted by molar-refractivity contribution is -0.117. The molecule has 148 valence electrons. The molecule has 0 radical (unpaired) electrons. The predicted molar refractivity (Wildman–Crippen MR) is 121 cm³/mol. The third-order valence-corrected chi connectivity index (χ3v) is 8.06. The molecule has 2 aromatic rings. The highest BCUT2D eigenvalue weighted by molar-refractivity contribution is 6.33. The number of hydrogen-bond acceptors (Lipinski definition) is 1. The number of fused-ring (bicyclic) bond motifs is 5. The lowest BCUT2D eigenvalue weighted by Gasteiger charge is -2.23. The van der Waals surface area contributed by atoms with Crippen LogP contribution < -0.4 is 0 Å². The lowest BCUT2D eigenvalue weighted by Crippen LogP contribution is -2.22. The fraction of sp³-hybridized carbons (Fsp3) is 0.393. The number of ketones is 1. The van der Waals surface area contributed by atoms with Crippen molar-refractivity contribution in [3.05, 3.63) is 80.9 Å². The molecule has 0 aliphatic heterocycles. The molecule has 0 heterocycles. The van der Waals surface area contributed by atoms with Crippen molar-refractivity contribution in [1.82, 2.24) is 0 Å². The van der Waals surface area contributed by atoms with Crippen LogP contribution in [0.3, 0.4) is 0 Å². The van der Waals surface area contributed by atoms with Gasteiger partial charge in [0.15, 0.2) is 5.78 Å². The minimum Gasteiger partial charge on any atom is -0.294 e. The zero-order valence-electron chi connectivity index (χ0n) is 18.4. The molecular formula is C28H30O. The molecule has 0 aromatic heterocycles. The van der Waals surface area contributed by atoms with Gasteiger partial charge in [-0.1, -0.05) is 36.4 Å². The number of benzene rings is 2. The quantitative estimate of drug-likeness (QED) is 0.544. The first kappa shape index (κ1) is 18.6. The summed E-state index contributed by atoms with van der Waals surface area (Å²) < 4.78 is 0. The van der Waals surface area contributed by atoms with E-state index in [1.807, 2.05) is 0 Å². The molecule has 3 aliphatic carbocycles. The van der Waals surface area contributed by atoms with Crippen molar-refractivity contribution >= 4 is 16.9 Å². The molecule has 1 fully saturated rings. The lowest BCUT2D eigenvalue weighted by atomic mass is 9.79. The van der Waals surface area contributed by atoms with E-state index in [4.69, 9.17) is 0 Å². The van der Waals surface area contributed by atoms with Crippen LogP contribution in [-0.2, 0) is 4.79 Å². The van der Waals surface area contributed by atoms with Crippen LogP contribution in [0, 0.1) is 65.2 Å². The topological polar surface area (TPSA) is 17.1 Å². The van der Waals surface area contributed by atoms with Gasteiger partial charge in [-0.25, -0.2) is 0 Å². The molecule has 5 rings (SSSR count). The molecular weight excluding hydrogens is 352 g/mol. The van der Waals surface area contributed by atoms with Crippen LogP contribution in [0.4, 0.5) is 0 Å². The van der Waals surface area contributed by atoms with Crippen LogP contribution >= 0.6 is 0 Å². The second-order valence-electron chi connectivity index (χ2n) is 9.62. The Hall–Kier alpha value is -2.41. The van der Waals surface area contributed by atoms with Gasteiger partial charge in [0.05, 0.1) is 0 Å². The van der Waals surface area contributed by atoms with E-state index in [9.17, 15) is 4.79 Å². The van der Waals surface area contributed by atoms with Crippen LogP contribution in [0.1, 0.15) is 50.9 Å². The van der Waals surface area contributed by atoms with Crippen LogP contribution in [0.2, 0.25) is 0 Å². The fourth-order valence-electron chi connectivity index (χ4n) is 6.05. The van der Waals surface area contributed by atoms with E-state index in [0.717, 1.165) is 17.6 Å². The van der Waals surface area contributed by atoms with Gasteiger partial charge in [0, 0.05) is 17.4 Å². The summed E-state index contributed by atoms with van der Waals surface area (Å²) in [5.74, 6) is 1.79. The van der Waals surface area contributed by atoms with Gasteiger partial charge in [0.2, 0.25) is 0 Å². The first-order valence-electron chi connectivity index (χ1n) is 10.9. The number of hydrogen-bond donors (Lipinski definition) is 0. The summed E-state index contributed by atoms with van der Waals surface area (Å²) in [6.07, 6.45) is 5.83. The van der Waals surface area contributed by atoms with E-state index in [1.165, 1.54) is 44.5 Å². The van der Waals surface area contributed by atoms with E-state index in [0.29, 0.717) is 23.5 Å². The van der Waals surface area contributed by atoms with E-state index in [2.05, 4.69) is 78.0 Å². The standard InChI is InChI=1S/C28H30O/c1-14-9-22(10-15(2)18(14)5)25-24-20-7-8-21(13-20)26(24)28(29)27(25)23-11-16(3)19(6)17(4)12-23/h7-12,20-21,24,26H,13H2,1-6H3/t20-,21+,24-,26-/m0/s1. The van der Waals surface area contributed by atoms with E-state index >= 15 is 0 Å².